The second-order valence-corrected chi connectivity index (χ2v) is 8.29. The fraction of sp³-hybridized carbons (Fsp3) is 0.579. The monoisotopic (exact) mass is 414 g/mol. The SMILES string of the molecule is O=C(O)NC[C@@H]1CN(C(=O)[C@H]2CC[C@H](O)CC2)C[C@@H]1c1ccc(Cl)c(Cl)c1. The van der Waals surface area contributed by atoms with Gasteiger partial charge in [-0.1, -0.05) is 29.3 Å². The van der Waals surface area contributed by atoms with Gasteiger partial charge in [-0.3, -0.25) is 4.79 Å². The number of nitrogens with zero attached hydrogens (tertiary/aromatic N) is 1. The van der Waals surface area contributed by atoms with Crippen LogP contribution in [0.2, 0.25) is 10.0 Å². The Morgan fingerprint density at radius 3 is 2.44 bits per heavy atom. The lowest BCUT2D eigenvalue weighted by Gasteiger charge is -2.28. The summed E-state index contributed by atoms with van der Waals surface area (Å²) in [6.45, 7) is 1.30. The number of hydrogen-bond acceptors (Lipinski definition) is 3. The number of halogens is 2. The third kappa shape index (κ3) is 4.86. The maximum absolute atomic E-state index is 12.9. The van der Waals surface area contributed by atoms with Crippen molar-refractivity contribution in [2.45, 2.75) is 37.7 Å². The van der Waals surface area contributed by atoms with Crippen LogP contribution in [0, 0.1) is 11.8 Å². The number of carbonyl (C=O) groups is 2. The van der Waals surface area contributed by atoms with Crippen molar-refractivity contribution in [3.63, 3.8) is 0 Å². The van der Waals surface area contributed by atoms with Crippen LogP contribution in [0.15, 0.2) is 18.2 Å². The van der Waals surface area contributed by atoms with Gasteiger partial charge in [0.25, 0.3) is 0 Å². The third-order valence-electron chi connectivity index (χ3n) is 5.69. The van der Waals surface area contributed by atoms with Gasteiger partial charge < -0.3 is 20.4 Å². The molecule has 0 bridgehead atoms. The van der Waals surface area contributed by atoms with Crippen molar-refractivity contribution < 1.29 is 19.8 Å². The van der Waals surface area contributed by atoms with Crippen LogP contribution in [0.5, 0.6) is 0 Å². The Labute approximate surface area is 168 Å². The molecule has 0 aromatic heterocycles. The molecule has 6 nitrogen and oxygen atoms in total. The van der Waals surface area contributed by atoms with E-state index in [-0.39, 0.29) is 36.3 Å². The smallest absolute Gasteiger partial charge is 0.404 e. The van der Waals surface area contributed by atoms with Gasteiger partial charge in [-0.25, -0.2) is 4.79 Å². The number of benzene rings is 1. The van der Waals surface area contributed by atoms with Crippen molar-refractivity contribution in [3.8, 4) is 0 Å². The highest BCUT2D eigenvalue weighted by molar-refractivity contribution is 6.42. The third-order valence-corrected chi connectivity index (χ3v) is 6.42. The van der Waals surface area contributed by atoms with E-state index in [1.165, 1.54) is 0 Å². The highest BCUT2D eigenvalue weighted by Crippen LogP contribution is 2.37. The summed E-state index contributed by atoms with van der Waals surface area (Å²) in [5.41, 5.74) is 0.955. The standard InChI is InChI=1S/C19H24Cl2N2O4/c20-16-6-3-12(7-17(16)21)15-10-23(9-13(15)8-22-19(26)27)18(25)11-1-4-14(24)5-2-11/h3,6-7,11,13-15,22,24H,1-2,4-5,8-10H2,(H,26,27)/t11-,13-,14-,15-/m1/s1. The zero-order valence-corrected chi connectivity index (χ0v) is 16.4. The molecule has 2 aliphatic rings. The fourth-order valence-electron chi connectivity index (χ4n) is 4.18. The molecule has 1 aliphatic carbocycles. The van der Waals surface area contributed by atoms with Gasteiger partial charge in [0, 0.05) is 37.4 Å². The summed E-state index contributed by atoms with van der Waals surface area (Å²) in [5.74, 6) is 0.0000414. The van der Waals surface area contributed by atoms with Gasteiger partial charge >= 0.3 is 6.09 Å². The molecule has 0 unspecified atom stereocenters. The number of amides is 2. The zero-order valence-electron chi connectivity index (χ0n) is 14.9. The van der Waals surface area contributed by atoms with Gasteiger partial charge in [-0.2, -0.15) is 0 Å². The Bertz CT molecular complexity index is 707. The maximum Gasteiger partial charge on any atom is 0.404 e. The quantitative estimate of drug-likeness (QED) is 0.704. The molecule has 1 aliphatic heterocycles. The van der Waals surface area contributed by atoms with Crippen LogP contribution in [0.25, 0.3) is 0 Å². The van der Waals surface area contributed by atoms with E-state index in [0.29, 0.717) is 48.8 Å². The average Bonchev–Trinajstić information content (AvgIpc) is 3.06. The predicted molar refractivity (Wildman–Crippen MR) is 103 cm³/mol. The molecule has 3 N–H and O–H groups in total. The first-order valence-corrected chi connectivity index (χ1v) is 9.99. The van der Waals surface area contributed by atoms with E-state index < -0.39 is 6.09 Å². The molecule has 8 heteroatoms. The Morgan fingerprint density at radius 1 is 1.11 bits per heavy atom. The lowest BCUT2D eigenvalue weighted by molar-refractivity contribution is -0.136. The van der Waals surface area contributed by atoms with Crippen molar-refractivity contribution in [1.82, 2.24) is 10.2 Å². The molecule has 1 saturated carbocycles. The van der Waals surface area contributed by atoms with Crippen LogP contribution in [0.4, 0.5) is 4.79 Å². The number of carboxylic acid groups (broad SMARTS) is 1. The number of likely N-dealkylation sites (tertiary alicyclic amines) is 1. The molecule has 3 rings (SSSR count). The summed E-state index contributed by atoms with van der Waals surface area (Å²) < 4.78 is 0. The first-order valence-electron chi connectivity index (χ1n) is 9.23. The number of carbonyl (C=O) groups excluding carboxylic acids is 1. The summed E-state index contributed by atoms with van der Waals surface area (Å²) in [4.78, 5) is 25.7. The minimum Gasteiger partial charge on any atom is -0.465 e. The van der Waals surface area contributed by atoms with Gasteiger partial charge in [-0.15, -0.1) is 0 Å². The first kappa shape index (κ1) is 20.2. The molecule has 2 amide bonds. The van der Waals surface area contributed by atoms with Crippen LogP contribution >= 0.6 is 23.2 Å². The van der Waals surface area contributed by atoms with Crippen molar-refractivity contribution in [1.29, 1.82) is 0 Å². The Morgan fingerprint density at radius 2 is 1.81 bits per heavy atom. The largest absolute Gasteiger partial charge is 0.465 e. The Hall–Kier alpha value is -1.50. The fourth-order valence-corrected chi connectivity index (χ4v) is 4.48. The molecule has 27 heavy (non-hydrogen) atoms. The van der Waals surface area contributed by atoms with E-state index in [1.54, 1.807) is 12.1 Å². The van der Waals surface area contributed by atoms with Crippen molar-refractivity contribution in [2.75, 3.05) is 19.6 Å². The molecule has 1 aromatic rings. The first-order chi connectivity index (χ1) is 12.8. The van der Waals surface area contributed by atoms with Crippen LogP contribution in [-0.4, -0.2) is 52.9 Å². The number of rotatable bonds is 4. The summed E-state index contributed by atoms with van der Waals surface area (Å²) in [7, 11) is 0. The van der Waals surface area contributed by atoms with E-state index in [9.17, 15) is 14.7 Å². The highest BCUT2D eigenvalue weighted by Gasteiger charge is 2.39. The van der Waals surface area contributed by atoms with Crippen LogP contribution in [-0.2, 0) is 4.79 Å². The average molecular weight is 415 g/mol. The van der Waals surface area contributed by atoms with Crippen molar-refractivity contribution >= 4 is 35.2 Å². The number of aliphatic hydroxyl groups excluding tert-OH is 1. The minimum absolute atomic E-state index is 0.00949. The van der Waals surface area contributed by atoms with Gasteiger partial charge in [0.1, 0.15) is 0 Å². The van der Waals surface area contributed by atoms with E-state index in [4.69, 9.17) is 28.3 Å². The Kier molecular flexibility index (Phi) is 6.50. The summed E-state index contributed by atoms with van der Waals surface area (Å²) in [5, 5.41) is 22.0. The number of hydrogen-bond donors (Lipinski definition) is 3. The van der Waals surface area contributed by atoms with E-state index in [1.807, 2.05) is 11.0 Å². The molecular weight excluding hydrogens is 391 g/mol. The van der Waals surface area contributed by atoms with Crippen molar-refractivity contribution in [3.05, 3.63) is 33.8 Å². The van der Waals surface area contributed by atoms with Gasteiger partial charge in [0.2, 0.25) is 5.91 Å². The van der Waals surface area contributed by atoms with Gasteiger partial charge in [0.15, 0.2) is 0 Å². The zero-order chi connectivity index (χ0) is 19.6. The second kappa shape index (κ2) is 8.67. The summed E-state index contributed by atoms with van der Waals surface area (Å²) in [6, 6.07) is 5.42. The number of nitrogens with one attached hydrogen (secondary N) is 1. The maximum atomic E-state index is 12.9. The molecule has 2 atom stereocenters. The summed E-state index contributed by atoms with van der Waals surface area (Å²) >= 11 is 12.2. The van der Waals surface area contributed by atoms with E-state index in [2.05, 4.69) is 5.32 Å². The number of aliphatic hydroxyl groups is 1. The summed E-state index contributed by atoms with van der Waals surface area (Å²) in [6.07, 6.45) is 1.34. The topological polar surface area (TPSA) is 89.9 Å². The normalized spacial score (nSPS) is 28.2. The van der Waals surface area contributed by atoms with Gasteiger partial charge in [0.05, 0.1) is 16.1 Å². The Balaban J connectivity index is 1.75. The second-order valence-electron chi connectivity index (χ2n) is 7.47. The molecular formula is C19H24Cl2N2O4. The van der Waals surface area contributed by atoms with Crippen LogP contribution in [0.1, 0.15) is 37.2 Å². The molecule has 1 saturated heterocycles. The molecule has 0 radical (unpaired) electrons. The molecule has 1 aromatic carbocycles. The van der Waals surface area contributed by atoms with Gasteiger partial charge in [-0.05, 0) is 43.4 Å². The minimum atomic E-state index is -1.08. The van der Waals surface area contributed by atoms with Crippen molar-refractivity contribution in [2.24, 2.45) is 11.8 Å². The molecule has 148 valence electrons. The molecule has 1 heterocycles. The highest BCUT2D eigenvalue weighted by atomic mass is 35.5. The molecule has 0 spiro atoms. The van der Waals surface area contributed by atoms with E-state index in [0.717, 1.165) is 5.56 Å². The lowest BCUT2D eigenvalue weighted by atomic mass is 9.86. The van der Waals surface area contributed by atoms with E-state index >= 15 is 0 Å². The van der Waals surface area contributed by atoms with Crippen LogP contribution < -0.4 is 5.32 Å². The lowest BCUT2D eigenvalue weighted by Crippen LogP contribution is -2.37. The van der Waals surface area contributed by atoms with Crippen LogP contribution in [0.3, 0.4) is 0 Å². The molecule has 2 fully saturated rings. The predicted octanol–water partition coefficient (Wildman–Crippen LogP) is 3.35.